The number of hydrogen-bond donors (Lipinski definition) is 1. The number of aryl methyl sites for hydroxylation is 1. The van der Waals surface area contributed by atoms with Crippen LogP contribution >= 0.6 is 11.6 Å². The van der Waals surface area contributed by atoms with Gasteiger partial charge in [-0.1, -0.05) is 41.9 Å². The Morgan fingerprint density at radius 1 is 1.17 bits per heavy atom. The van der Waals surface area contributed by atoms with Gasteiger partial charge in [0.1, 0.15) is 5.82 Å². The zero-order valence-corrected chi connectivity index (χ0v) is 14.4. The van der Waals surface area contributed by atoms with Gasteiger partial charge < -0.3 is 9.67 Å². The van der Waals surface area contributed by atoms with Crippen LogP contribution in [0.4, 0.5) is 0 Å². The fourth-order valence-corrected chi connectivity index (χ4v) is 3.81. The van der Waals surface area contributed by atoms with Crippen LogP contribution in [0.5, 0.6) is 0 Å². The molecule has 0 spiro atoms. The van der Waals surface area contributed by atoms with Crippen LogP contribution in [0.1, 0.15) is 11.4 Å². The molecule has 24 heavy (non-hydrogen) atoms. The molecule has 0 radical (unpaired) electrons. The first-order valence-electron chi connectivity index (χ1n) is 8.11. The van der Waals surface area contributed by atoms with Crippen molar-refractivity contribution < 1.29 is 5.11 Å². The smallest absolute Gasteiger partial charge is 0.123 e. The lowest BCUT2D eigenvalue weighted by atomic mass is 9.74. The van der Waals surface area contributed by atoms with Crippen LogP contribution in [0.25, 0.3) is 11.0 Å². The lowest BCUT2D eigenvalue weighted by molar-refractivity contribution is 0.0119. The molecule has 1 fully saturated rings. The van der Waals surface area contributed by atoms with E-state index in [1.807, 2.05) is 43.4 Å². The molecule has 0 unspecified atom stereocenters. The van der Waals surface area contributed by atoms with E-state index in [0.717, 1.165) is 41.5 Å². The number of aliphatic hydroxyl groups is 1. The summed E-state index contributed by atoms with van der Waals surface area (Å²) in [5, 5.41) is 10.6. The van der Waals surface area contributed by atoms with E-state index < -0.39 is 0 Å². The van der Waals surface area contributed by atoms with E-state index in [1.54, 1.807) is 0 Å². The first-order valence-corrected chi connectivity index (χ1v) is 8.49. The molecular formula is C19H20ClN3O. The molecule has 4 nitrogen and oxygen atoms in total. The molecule has 0 atom stereocenters. The number of hydrogen-bond acceptors (Lipinski definition) is 3. The Morgan fingerprint density at radius 2 is 1.92 bits per heavy atom. The Balaban J connectivity index is 1.53. The molecule has 1 aliphatic rings. The van der Waals surface area contributed by atoms with Gasteiger partial charge in [-0.15, -0.1) is 0 Å². The van der Waals surface area contributed by atoms with Gasteiger partial charge in [-0.3, -0.25) is 4.90 Å². The molecule has 1 saturated heterocycles. The molecule has 0 amide bonds. The summed E-state index contributed by atoms with van der Waals surface area (Å²) in [5.41, 5.74) is 3.08. The number of nitrogens with zero attached hydrogens (tertiary/aromatic N) is 3. The molecule has 2 heterocycles. The van der Waals surface area contributed by atoms with E-state index in [0.29, 0.717) is 0 Å². The van der Waals surface area contributed by atoms with Gasteiger partial charge >= 0.3 is 0 Å². The zero-order valence-electron chi connectivity index (χ0n) is 13.6. The summed E-state index contributed by atoms with van der Waals surface area (Å²) in [4.78, 5) is 7.05. The third-order valence-electron chi connectivity index (χ3n) is 5.04. The van der Waals surface area contributed by atoms with Gasteiger partial charge in [0.2, 0.25) is 0 Å². The third-order valence-corrected chi connectivity index (χ3v) is 5.28. The van der Waals surface area contributed by atoms with Crippen LogP contribution in [0.15, 0.2) is 48.5 Å². The van der Waals surface area contributed by atoms with E-state index in [-0.39, 0.29) is 12.0 Å². The fraction of sp³-hybridized carbons (Fsp3) is 0.316. The maximum absolute atomic E-state index is 9.91. The lowest BCUT2D eigenvalue weighted by Gasteiger charge is -2.49. The highest BCUT2D eigenvalue weighted by Gasteiger charge is 2.44. The number of likely N-dealkylation sites (tertiary alicyclic amines) is 1. The summed E-state index contributed by atoms with van der Waals surface area (Å²) in [6, 6.07) is 16.1. The zero-order chi connectivity index (χ0) is 16.7. The SMILES string of the molecule is Cn1c(CN2CC(CO)(c3ccccc3)C2)nc2ccc(Cl)cc21. The molecule has 5 heteroatoms. The standard InChI is InChI=1S/C19H20ClN3O/c1-22-17-9-15(20)7-8-16(17)21-18(22)10-23-11-19(12-23,13-24)14-5-3-2-4-6-14/h2-9,24H,10-13H2,1H3. The second-order valence-corrected chi connectivity index (χ2v) is 7.11. The number of rotatable bonds is 4. The highest BCUT2D eigenvalue weighted by Crippen LogP contribution is 2.35. The second-order valence-electron chi connectivity index (χ2n) is 6.67. The van der Waals surface area contributed by atoms with Crippen molar-refractivity contribution in [2.24, 2.45) is 7.05 Å². The van der Waals surface area contributed by atoms with Crippen molar-refractivity contribution in [1.29, 1.82) is 0 Å². The Labute approximate surface area is 146 Å². The van der Waals surface area contributed by atoms with Gasteiger partial charge in [0.25, 0.3) is 0 Å². The van der Waals surface area contributed by atoms with Crippen LogP contribution < -0.4 is 0 Å². The molecule has 4 rings (SSSR count). The molecule has 0 saturated carbocycles. The number of aliphatic hydroxyl groups excluding tert-OH is 1. The minimum Gasteiger partial charge on any atom is -0.395 e. The van der Waals surface area contributed by atoms with Gasteiger partial charge in [0.15, 0.2) is 0 Å². The summed E-state index contributed by atoms with van der Waals surface area (Å²) < 4.78 is 2.10. The quantitative estimate of drug-likeness (QED) is 0.793. The molecule has 124 valence electrons. The Hall–Kier alpha value is -1.88. The van der Waals surface area contributed by atoms with Crippen LogP contribution in [0.3, 0.4) is 0 Å². The molecule has 0 aliphatic carbocycles. The molecule has 0 bridgehead atoms. The fourth-order valence-electron chi connectivity index (χ4n) is 3.64. The Morgan fingerprint density at radius 3 is 2.62 bits per heavy atom. The van der Waals surface area contributed by atoms with Gasteiger partial charge in [0, 0.05) is 30.6 Å². The van der Waals surface area contributed by atoms with Crippen molar-refractivity contribution >= 4 is 22.6 Å². The van der Waals surface area contributed by atoms with E-state index in [4.69, 9.17) is 16.6 Å². The van der Waals surface area contributed by atoms with Crippen LogP contribution in [0, 0.1) is 0 Å². The van der Waals surface area contributed by atoms with Crippen molar-refractivity contribution in [1.82, 2.24) is 14.5 Å². The Bertz CT molecular complexity index is 869. The van der Waals surface area contributed by atoms with Gasteiger partial charge in [-0.25, -0.2) is 4.98 Å². The first kappa shape index (κ1) is 15.6. The van der Waals surface area contributed by atoms with Crippen molar-refractivity contribution in [3.8, 4) is 0 Å². The second kappa shape index (κ2) is 5.88. The largest absolute Gasteiger partial charge is 0.395 e. The van der Waals surface area contributed by atoms with E-state index in [2.05, 4.69) is 21.6 Å². The number of imidazole rings is 1. The number of aromatic nitrogens is 2. The van der Waals surface area contributed by atoms with Crippen molar-refractivity contribution in [3.05, 3.63) is 64.9 Å². The third kappa shape index (κ3) is 2.51. The molecule has 1 aliphatic heterocycles. The monoisotopic (exact) mass is 341 g/mol. The Kier molecular flexibility index (Phi) is 3.83. The molecule has 3 aromatic rings. The highest BCUT2D eigenvalue weighted by atomic mass is 35.5. The van der Waals surface area contributed by atoms with Gasteiger partial charge in [-0.05, 0) is 23.8 Å². The topological polar surface area (TPSA) is 41.3 Å². The maximum Gasteiger partial charge on any atom is 0.123 e. The lowest BCUT2D eigenvalue weighted by Crippen LogP contribution is -2.60. The first-order chi connectivity index (χ1) is 11.6. The van der Waals surface area contributed by atoms with Crippen molar-refractivity contribution in [2.45, 2.75) is 12.0 Å². The highest BCUT2D eigenvalue weighted by molar-refractivity contribution is 6.31. The molecule has 1 N–H and O–H groups in total. The van der Waals surface area contributed by atoms with Crippen molar-refractivity contribution in [3.63, 3.8) is 0 Å². The van der Waals surface area contributed by atoms with E-state index in [9.17, 15) is 5.11 Å². The van der Waals surface area contributed by atoms with E-state index in [1.165, 1.54) is 5.56 Å². The minimum atomic E-state index is -0.144. The van der Waals surface area contributed by atoms with Gasteiger partial charge in [0.05, 0.1) is 24.2 Å². The summed E-state index contributed by atoms with van der Waals surface area (Å²) in [5.74, 6) is 1.02. The van der Waals surface area contributed by atoms with Crippen LogP contribution in [-0.4, -0.2) is 39.3 Å². The van der Waals surface area contributed by atoms with E-state index >= 15 is 0 Å². The van der Waals surface area contributed by atoms with Crippen molar-refractivity contribution in [2.75, 3.05) is 19.7 Å². The molecule has 1 aromatic heterocycles. The number of fused-ring (bicyclic) bond motifs is 1. The molecule has 2 aromatic carbocycles. The predicted molar refractivity (Wildman–Crippen MR) is 96.2 cm³/mol. The van der Waals surface area contributed by atoms with Gasteiger partial charge in [-0.2, -0.15) is 0 Å². The minimum absolute atomic E-state index is 0.144. The summed E-state index contributed by atoms with van der Waals surface area (Å²) in [6.45, 7) is 2.64. The predicted octanol–water partition coefficient (Wildman–Crippen LogP) is 2.97. The average Bonchev–Trinajstić information content (AvgIpc) is 2.87. The summed E-state index contributed by atoms with van der Waals surface area (Å²) >= 11 is 6.09. The van der Waals surface area contributed by atoms with Crippen LogP contribution in [-0.2, 0) is 19.0 Å². The molecular weight excluding hydrogens is 322 g/mol. The summed E-state index contributed by atoms with van der Waals surface area (Å²) in [6.07, 6.45) is 0. The summed E-state index contributed by atoms with van der Waals surface area (Å²) in [7, 11) is 2.03. The van der Waals surface area contributed by atoms with Crippen LogP contribution in [0.2, 0.25) is 5.02 Å². The number of benzene rings is 2. The number of halogens is 1. The average molecular weight is 342 g/mol. The normalized spacial score (nSPS) is 17.1. The maximum atomic E-state index is 9.91.